The lowest BCUT2D eigenvalue weighted by atomic mass is 9.98. The van der Waals surface area contributed by atoms with Gasteiger partial charge in [-0.3, -0.25) is 0 Å². The number of anilines is 1. The van der Waals surface area contributed by atoms with Crippen LogP contribution in [0.25, 0.3) is 11.1 Å². The Kier molecular flexibility index (Phi) is 4.69. The number of nitrogens with zero attached hydrogens (tertiary/aromatic N) is 4. The molecule has 1 N–H and O–H groups in total. The van der Waals surface area contributed by atoms with Crippen molar-refractivity contribution in [1.29, 1.82) is 0 Å². The molecule has 2 heterocycles. The summed E-state index contributed by atoms with van der Waals surface area (Å²) >= 11 is 0. The molecule has 0 atom stereocenters. The van der Waals surface area contributed by atoms with Gasteiger partial charge in [0, 0.05) is 37.9 Å². The second kappa shape index (κ2) is 7.61. The molecule has 0 aliphatic heterocycles. The van der Waals surface area contributed by atoms with Crippen LogP contribution in [0.4, 0.5) is 5.95 Å². The second-order valence-electron chi connectivity index (χ2n) is 6.02. The molecule has 2 aromatic carbocycles. The Bertz CT molecular complexity index is 947. The zero-order valence-corrected chi connectivity index (χ0v) is 14.3. The van der Waals surface area contributed by atoms with Gasteiger partial charge in [0.15, 0.2) is 0 Å². The van der Waals surface area contributed by atoms with Crippen molar-refractivity contribution in [3.8, 4) is 11.1 Å². The zero-order chi connectivity index (χ0) is 17.6. The standard InChI is InChI=1S/C21H19N5/c1-2-5-20(19(4-1)14-25-21-23-10-3-11-24-21)18-8-6-17(7-9-18)15-26-13-12-22-16-26/h1-13,16H,14-15H2,(H,23,24,25). The van der Waals surface area contributed by atoms with Crippen LogP contribution in [0.1, 0.15) is 11.1 Å². The van der Waals surface area contributed by atoms with Crippen molar-refractivity contribution in [2.75, 3.05) is 5.32 Å². The minimum Gasteiger partial charge on any atom is -0.350 e. The van der Waals surface area contributed by atoms with E-state index < -0.39 is 0 Å². The molecule has 0 saturated carbocycles. The van der Waals surface area contributed by atoms with Crippen LogP contribution in [0, 0.1) is 0 Å². The monoisotopic (exact) mass is 341 g/mol. The van der Waals surface area contributed by atoms with Crippen LogP contribution >= 0.6 is 0 Å². The average Bonchev–Trinajstić information content (AvgIpc) is 3.21. The molecule has 26 heavy (non-hydrogen) atoms. The number of aromatic nitrogens is 4. The number of hydrogen-bond acceptors (Lipinski definition) is 4. The Morgan fingerprint density at radius 1 is 0.846 bits per heavy atom. The van der Waals surface area contributed by atoms with Gasteiger partial charge in [0.2, 0.25) is 5.95 Å². The number of nitrogens with one attached hydrogen (secondary N) is 1. The third-order valence-electron chi connectivity index (χ3n) is 4.21. The van der Waals surface area contributed by atoms with Crippen LogP contribution in [-0.4, -0.2) is 19.5 Å². The van der Waals surface area contributed by atoms with Gasteiger partial charge in [0.05, 0.1) is 6.33 Å². The average molecular weight is 341 g/mol. The van der Waals surface area contributed by atoms with E-state index in [4.69, 9.17) is 0 Å². The first-order chi connectivity index (χ1) is 12.9. The summed E-state index contributed by atoms with van der Waals surface area (Å²) in [5.74, 6) is 0.637. The highest BCUT2D eigenvalue weighted by Gasteiger charge is 2.06. The van der Waals surface area contributed by atoms with Crippen molar-refractivity contribution >= 4 is 5.95 Å². The lowest BCUT2D eigenvalue weighted by molar-refractivity contribution is 0.797. The fraction of sp³-hybridized carbons (Fsp3) is 0.0952. The molecule has 0 aliphatic carbocycles. The lowest BCUT2D eigenvalue weighted by Gasteiger charge is -2.11. The molecule has 0 saturated heterocycles. The number of benzene rings is 2. The first kappa shape index (κ1) is 16.0. The van der Waals surface area contributed by atoms with Crippen molar-refractivity contribution < 1.29 is 0 Å². The summed E-state index contributed by atoms with van der Waals surface area (Å²) < 4.78 is 2.06. The van der Waals surface area contributed by atoms with E-state index in [1.165, 1.54) is 22.3 Å². The highest BCUT2D eigenvalue weighted by atomic mass is 15.1. The van der Waals surface area contributed by atoms with E-state index in [0.29, 0.717) is 12.5 Å². The van der Waals surface area contributed by atoms with Crippen LogP contribution in [-0.2, 0) is 13.1 Å². The van der Waals surface area contributed by atoms with Gasteiger partial charge in [-0.15, -0.1) is 0 Å². The minimum atomic E-state index is 0.637. The predicted molar refractivity (Wildman–Crippen MR) is 103 cm³/mol. The Labute approximate surface area is 152 Å². The van der Waals surface area contributed by atoms with Crippen LogP contribution < -0.4 is 5.32 Å². The van der Waals surface area contributed by atoms with E-state index in [9.17, 15) is 0 Å². The highest BCUT2D eigenvalue weighted by Crippen LogP contribution is 2.24. The van der Waals surface area contributed by atoms with Crippen molar-refractivity contribution in [2.24, 2.45) is 0 Å². The summed E-state index contributed by atoms with van der Waals surface area (Å²) in [5, 5.41) is 3.28. The molecule has 128 valence electrons. The van der Waals surface area contributed by atoms with Crippen LogP contribution in [0.5, 0.6) is 0 Å². The second-order valence-corrected chi connectivity index (χ2v) is 6.02. The van der Waals surface area contributed by atoms with Crippen molar-refractivity contribution in [3.63, 3.8) is 0 Å². The SMILES string of the molecule is c1cnc(NCc2ccccc2-c2ccc(Cn3ccnc3)cc2)nc1. The van der Waals surface area contributed by atoms with Gasteiger partial charge in [-0.1, -0.05) is 48.5 Å². The normalized spacial score (nSPS) is 10.6. The van der Waals surface area contributed by atoms with Crippen molar-refractivity contribution in [3.05, 3.63) is 96.8 Å². The van der Waals surface area contributed by atoms with E-state index in [2.05, 4.69) is 73.4 Å². The van der Waals surface area contributed by atoms with Crippen molar-refractivity contribution in [1.82, 2.24) is 19.5 Å². The summed E-state index contributed by atoms with van der Waals surface area (Å²) in [6, 6.07) is 18.9. The molecular weight excluding hydrogens is 322 g/mol. The molecule has 0 amide bonds. The number of rotatable bonds is 6. The third-order valence-corrected chi connectivity index (χ3v) is 4.21. The molecule has 5 heteroatoms. The van der Waals surface area contributed by atoms with Gasteiger partial charge in [0.1, 0.15) is 0 Å². The highest BCUT2D eigenvalue weighted by molar-refractivity contribution is 5.68. The molecule has 0 spiro atoms. The smallest absolute Gasteiger partial charge is 0.222 e. The molecule has 0 unspecified atom stereocenters. The Hall–Kier alpha value is -3.47. The van der Waals surface area contributed by atoms with E-state index in [1.54, 1.807) is 18.6 Å². The Morgan fingerprint density at radius 3 is 2.42 bits per heavy atom. The molecule has 0 radical (unpaired) electrons. The van der Waals surface area contributed by atoms with Gasteiger partial charge in [-0.25, -0.2) is 15.0 Å². The Morgan fingerprint density at radius 2 is 1.65 bits per heavy atom. The molecule has 2 aromatic heterocycles. The molecule has 4 aromatic rings. The Balaban J connectivity index is 1.52. The van der Waals surface area contributed by atoms with E-state index in [-0.39, 0.29) is 0 Å². The van der Waals surface area contributed by atoms with Gasteiger partial charge in [-0.05, 0) is 28.3 Å². The number of imidazole rings is 1. The van der Waals surface area contributed by atoms with Gasteiger partial charge in [0.25, 0.3) is 0 Å². The van der Waals surface area contributed by atoms with Gasteiger partial charge in [-0.2, -0.15) is 0 Å². The lowest BCUT2D eigenvalue weighted by Crippen LogP contribution is -2.04. The van der Waals surface area contributed by atoms with Crippen LogP contribution in [0.2, 0.25) is 0 Å². The molecule has 0 bridgehead atoms. The molecule has 4 rings (SSSR count). The van der Waals surface area contributed by atoms with E-state index >= 15 is 0 Å². The molecule has 0 fully saturated rings. The quantitative estimate of drug-likeness (QED) is 0.576. The number of hydrogen-bond donors (Lipinski definition) is 1. The maximum Gasteiger partial charge on any atom is 0.222 e. The molecular formula is C21H19N5. The fourth-order valence-corrected chi connectivity index (χ4v) is 2.90. The third kappa shape index (κ3) is 3.78. The predicted octanol–water partition coefficient (Wildman–Crippen LogP) is 4.00. The molecule has 5 nitrogen and oxygen atoms in total. The van der Waals surface area contributed by atoms with E-state index in [0.717, 1.165) is 6.54 Å². The van der Waals surface area contributed by atoms with Crippen LogP contribution in [0.15, 0.2) is 85.7 Å². The minimum absolute atomic E-state index is 0.637. The summed E-state index contributed by atoms with van der Waals surface area (Å²) in [6.07, 6.45) is 9.08. The summed E-state index contributed by atoms with van der Waals surface area (Å²) in [4.78, 5) is 12.5. The first-order valence-electron chi connectivity index (χ1n) is 8.52. The van der Waals surface area contributed by atoms with E-state index in [1.807, 2.05) is 18.6 Å². The first-order valence-corrected chi connectivity index (χ1v) is 8.52. The summed E-state index contributed by atoms with van der Waals surface area (Å²) in [7, 11) is 0. The van der Waals surface area contributed by atoms with Gasteiger partial charge < -0.3 is 9.88 Å². The maximum absolute atomic E-state index is 4.21. The zero-order valence-electron chi connectivity index (χ0n) is 14.3. The maximum atomic E-state index is 4.21. The fourth-order valence-electron chi connectivity index (χ4n) is 2.90. The van der Waals surface area contributed by atoms with Crippen molar-refractivity contribution in [2.45, 2.75) is 13.1 Å². The van der Waals surface area contributed by atoms with Gasteiger partial charge >= 0.3 is 0 Å². The summed E-state index contributed by atoms with van der Waals surface area (Å²) in [5.41, 5.74) is 4.87. The summed E-state index contributed by atoms with van der Waals surface area (Å²) in [6.45, 7) is 1.51. The molecule has 0 aliphatic rings. The van der Waals surface area contributed by atoms with Crippen LogP contribution in [0.3, 0.4) is 0 Å². The topological polar surface area (TPSA) is 55.6 Å². The largest absolute Gasteiger partial charge is 0.350 e.